The Hall–Kier alpha value is -0.950. The molecule has 0 spiro atoms. The average Bonchev–Trinajstić information content (AvgIpc) is 2.37. The largest absolute Gasteiger partial charge is 0.242 e. The van der Waals surface area contributed by atoms with Crippen molar-refractivity contribution in [2.45, 2.75) is 17.9 Å². The summed E-state index contributed by atoms with van der Waals surface area (Å²) < 4.78 is 41.4. The molecule has 2 aromatic carbocycles. The monoisotopic (exact) mass is 391 g/mol. The van der Waals surface area contributed by atoms with Crippen molar-refractivity contribution in [2.75, 3.05) is 0 Å². The zero-order valence-corrected chi connectivity index (χ0v) is 14.1. The summed E-state index contributed by atoms with van der Waals surface area (Å²) in [6.07, 6.45) is 0. The second-order valence-corrected chi connectivity index (χ2v) is 7.44. The lowest BCUT2D eigenvalue weighted by Crippen LogP contribution is -2.27. The van der Waals surface area contributed by atoms with Crippen molar-refractivity contribution in [1.29, 1.82) is 0 Å². The van der Waals surface area contributed by atoms with Gasteiger partial charge in [-0.3, -0.25) is 0 Å². The minimum atomic E-state index is -3.84. The van der Waals surface area contributed by atoms with Crippen LogP contribution in [0.3, 0.4) is 0 Å². The summed E-state index contributed by atoms with van der Waals surface area (Å²) in [6, 6.07) is 9.76. The third-order valence-corrected chi connectivity index (χ3v) is 5.40. The molecule has 7 heteroatoms. The van der Waals surface area contributed by atoms with E-state index in [1.54, 1.807) is 25.1 Å². The molecular weight excluding hydrogens is 381 g/mol. The molecule has 0 amide bonds. The van der Waals surface area contributed by atoms with Gasteiger partial charge in [0.1, 0.15) is 10.7 Å². The molecule has 0 radical (unpaired) electrons. The Labute approximate surface area is 136 Å². The normalized spacial score (nSPS) is 13.1. The van der Waals surface area contributed by atoms with Gasteiger partial charge in [-0.15, -0.1) is 0 Å². The molecule has 0 bridgehead atoms. The number of halogens is 3. The van der Waals surface area contributed by atoms with Crippen molar-refractivity contribution < 1.29 is 12.8 Å². The Morgan fingerprint density at radius 2 is 1.90 bits per heavy atom. The van der Waals surface area contributed by atoms with E-state index in [0.717, 1.165) is 0 Å². The molecule has 2 rings (SSSR count). The van der Waals surface area contributed by atoms with Crippen molar-refractivity contribution in [3.05, 3.63) is 63.3 Å². The van der Waals surface area contributed by atoms with Gasteiger partial charge in [0.25, 0.3) is 0 Å². The SMILES string of the molecule is C[C@H](NS(=O)(=O)c1ccc(Br)cc1Cl)c1ccccc1F. The minimum Gasteiger partial charge on any atom is -0.207 e. The van der Waals surface area contributed by atoms with E-state index in [2.05, 4.69) is 20.7 Å². The van der Waals surface area contributed by atoms with E-state index < -0.39 is 21.9 Å². The highest BCUT2D eigenvalue weighted by atomic mass is 79.9. The van der Waals surface area contributed by atoms with E-state index in [0.29, 0.717) is 4.47 Å². The van der Waals surface area contributed by atoms with E-state index in [9.17, 15) is 12.8 Å². The molecule has 0 aliphatic heterocycles. The molecule has 0 unspecified atom stereocenters. The fourth-order valence-electron chi connectivity index (χ4n) is 1.88. The zero-order valence-electron chi connectivity index (χ0n) is 11.0. The standard InChI is InChI=1S/C14H12BrClFNO2S/c1-9(11-4-2-3-5-13(11)17)18-21(19,20)14-7-6-10(15)8-12(14)16/h2-9,18H,1H3/t9-/m0/s1. The van der Waals surface area contributed by atoms with Crippen molar-refractivity contribution >= 4 is 37.6 Å². The maximum Gasteiger partial charge on any atom is 0.242 e. The van der Waals surface area contributed by atoms with E-state index >= 15 is 0 Å². The van der Waals surface area contributed by atoms with Gasteiger partial charge in [0, 0.05) is 16.1 Å². The van der Waals surface area contributed by atoms with Gasteiger partial charge in [0.2, 0.25) is 10.0 Å². The van der Waals surface area contributed by atoms with E-state index in [-0.39, 0.29) is 15.5 Å². The van der Waals surface area contributed by atoms with Crippen LogP contribution in [-0.4, -0.2) is 8.42 Å². The number of nitrogens with one attached hydrogen (secondary N) is 1. The highest BCUT2D eigenvalue weighted by Crippen LogP contribution is 2.27. The summed E-state index contributed by atoms with van der Waals surface area (Å²) in [4.78, 5) is -0.0458. The smallest absolute Gasteiger partial charge is 0.207 e. The Balaban J connectivity index is 2.31. The van der Waals surface area contributed by atoms with E-state index in [4.69, 9.17) is 11.6 Å². The lowest BCUT2D eigenvalue weighted by atomic mass is 10.1. The number of hydrogen-bond acceptors (Lipinski definition) is 2. The van der Waals surface area contributed by atoms with Gasteiger partial charge < -0.3 is 0 Å². The van der Waals surface area contributed by atoms with Gasteiger partial charge in [-0.1, -0.05) is 45.7 Å². The third kappa shape index (κ3) is 3.83. The molecule has 0 aliphatic rings. The second kappa shape index (κ2) is 6.44. The maximum absolute atomic E-state index is 13.7. The van der Waals surface area contributed by atoms with Crippen molar-refractivity contribution in [3.8, 4) is 0 Å². The van der Waals surface area contributed by atoms with Gasteiger partial charge in [-0.2, -0.15) is 0 Å². The van der Waals surface area contributed by atoms with Gasteiger partial charge in [-0.05, 0) is 31.2 Å². The molecule has 0 saturated carbocycles. The van der Waals surface area contributed by atoms with Crippen LogP contribution in [0.5, 0.6) is 0 Å². The molecular formula is C14H12BrClFNO2S. The molecule has 0 heterocycles. The minimum absolute atomic E-state index is 0.0458. The summed E-state index contributed by atoms with van der Waals surface area (Å²) in [6.45, 7) is 1.57. The quantitative estimate of drug-likeness (QED) is 0.844. The van der Waals surface area contributed by atoms with Gasteiger partial charge in [0.15, 0.2) is 0 Å². The molecule has 0 aliphatic carbocycles. The average molecular weight is 393 g/mol. The number of benzene rings is 2. The molecule has 21 heavy (non-hydrogen) atoms. The Morgan fingerprint density at radius 1 is 1.24 bits per heavy atom. The molecule has 3 nitrogen and oxygen atoms in total. The lowest BCUT2D eigenvalue weighted by Gasteiger charge is -2.16. The van der Waals surface area contributed by atoms with Gasteiger partial charge >= 0.3 is 0 Å². The van der Waals surface area contributed by atoms with E-state index in [1.807, 2.05) is 0 Å². The van der Waals surface area contributed by atoms with Crippen LogP contribution in [0.1, 0.15) is 18.5 Å². The summed E-state index contributed by atoms with van der Waals surface area (Å²) in [5, 5.41) is 0.0950. The highest BCUT2D eigenvalue weighted by Gasteiger charge is 2.22. The summed E-state index contributed by atoms with van der Waals surface area (Å²) >= 11 is 9.16. The molecule has 0 aromatic heterocycles. The Kier molecular flexibility index (Phi) is 5.03. The topological polar surface area (TPSA) is 46.2 Å². The highest BCUT2D eigenvalue weighted by molar-refractivity contribution is 9.10. The van der Waals surface area contributed by atoms with Crippen LogP contribution in [-0.2, 0) is 10.0 Å². The second-order valence-electron chi connectivity index (χ2n) is 4.44. The maximum atomic E-state index is 13.7. The summed E-state index contributed by atoms with van der Waals surface area (Å²) in [5.41, 5.74) is 0.273. The Morgan fingerprint density at radius 3 is 2.52 bits per heavy atom. The molecule has 112 valence electrons. The third-order valence-electron chi connectivity index (χ3n) is 2.89. The number of sulfonamides is 1. The summed E-state index contributed by atoms with van der Waals surface area (Å²) in [5.74, 6) is -0.463. The van der Waals surface area contributed by atoms with Crippen LogP contribution < -0.4 is 4.72 Å². The first-order valence-corrected chi connectivity index (χ1v) is 8.68. The Bertz CT molecular complexity index is 767. The van der Waals surface area contributed by atoms with Crippen LogP contribution in [0.4, 0.5) is 4.39 Å². The first kappa shape index (κ1) is 16.4. The lowest BCUT2D eigenvalue weighted by molar-refractivity contribution is 0.550. The first-order valence-electron chi connectivity index (χ1n) is 6.03. The van der Waals surface area contributed by atoms with Crippen LogP contribution in [0, 0.1) is 5.82 Å². The molecule has 0 fully saturated rings. The van der Waals surface area contributed by atoms with Crippen molar-refractivity contribution in [3.63, 3.8) is 0 Å². The predicted molar refractivity (Wildman–Crippen MR) is 84.3 cm³/mol. The van der Waals surface area contributed by atoms with Gasteiger partial charge in [-0.25, -0.2) is 17.5 Å². The molecule has 1 N–H and O–H groups in total. The van der Waals surface area contributed by atoms with Crippen LogP contribution in [0.2, 0.25) is 5.02 Å². The van der Waals surface area contributed by atoms with Crippen LogP contribution >= 0.6 is 27.5 Å². The number of rotatable bonds is 4. The molecule has 1 atom stereocenters. The van der Waals surface area contributed by atoms with Crippen LogP contribution in [0.25, 0.3) is 0 Å². The van der Waals surface area contributed by atoms with Gasteiger partial charge in [0.05, 0.1) is 5.02 Å². The van der Waals surface area contributed by atoms with E-state index in [1.165, 1.54) is 24.3 Å². The van der Waals surface area contributed by atoms with Crippen molar-refractivity contribution in [1.82, 2.24) is 4.72 Å². The fourth-order valence-corrected chi connectivity index (χ4v) is 4.14. The first-order chi connectivity index (χ1) is 9.81. The number of hydrogen-bond donors (Lipinski definition) is 1. The van der Waals surface area contributed by atoms with Crippen molar-refractivity contribution in [2.24, 2.45) is 0 Å². The zero-order chi connectivity index (χ0) is 15.6. The summed E-state index contributed by atoms with van der Waals surface area (Å²) in [7, 11) is -3.84. The van der Waals surface area contributed by atoms with Crippen LogP contribution in [0.15, 0.2) is 51.8 Å². The fraction of sp³-hybridized carbons (Fsp3) is 0.143. The predicted octanol–water partition coefficient (Wildman–Crippen LogP) is 4.28. The molecule has 2 aromatic rings. The molecule has 0 saturated heterocycles.